The zero-order valence-electron chi connectivity index (χ0n) is 10.9. The van der Waals surface area contributed by atoms with Crippen molar-refractivity contribution >= 4 is 11.8 Å². The fraction of sp³-hybridized carbons (Fsp3) is 0.667. The molecule has 0 spiro atoms. The molecule has 0 saturated carbocycles. The number of nitrogens with one attached hydrogen (secondary N) is 2. The van der Waals surface area contributed by atoms with Crippen molar-refractivity contribution in [2.45, 2.75) is 38.6 Å². The van der Waals surface area contributed by atoms with Crippen LogP contribution in [0.4, 0.5) is 5.82 Å². The van der Waals surface area contributed by atoms with Gasteiger partial charge >= 0.3 is 0 Å². The second-order valence-electron chi connectivity index (χ2n) is 4.86. The van der Waals surface area contributed by atoms with E-state index in [4.69, 9.17) is 10.5 Å². The van der Waals surface area contributed by atoms with Crippen molar-refractivity contribution in [1.29, 1.82) is 0 Å². The molecule has 1 aliphatic heterocycles. The number of aromatic amines is 1. The molecule has 4 N–H and O–H groups in total. The molecule has 1 aromatic rings. The molecule has 2 heterocycles. The quantitative estimate of drug-likeness (QED) is 0.557. The van der Waals surface area contributed by atoms with E-state index in [1.54, 1.807) is 6.20 Å². The Balaban J connectivity index is 2.00. The highest BCUT2D eigenvalue weighted by Gasteiger charge is 2.14. The standard InChI is InChI=1S/C12H21N5O/c1-8(2)10-7-14-17-11(10)16-12(13)15-9-3-5-18-6-4-9/h7-9H,3-6H2,1-2H3,(H4,13,14,15,16,17). The van der Waals surface area contributed by atoms with Crippen molar-refractivity contribution in [3.8, 4) is 0 Å². The number of nitrogens with zero attached hydrogens (tertiary/aromatic N) is 2. The fourth-order valence-electron chi connectivity index (χ4n) is 2.00. The number of H-pyrrole nitrogens is 1. The van der Waals surface area contributed by atoms with E-state index in [2.05, 4.69) is 34.4 Å². The van der Waals surface area contributed by atoms with Gasteiger partial charge in [-0.15, -0.1) is 0 Å². The third-order valence-electron chi connectivity index (χ3n) is 3.08. The van der Waals surface area contributed by atoms with Gasteiger partial charge < -0.3 is 15.8 Å². The predicted octanol–water partition coefficient (Wildman–Crippen LogP) is 1.25. The average Bonchev–Trinajstić information content (AvgIpc) is 2.78. The smallest absolute Gasteiger partial charge is 0.195 e. The van der Waals surface area contributed by atoms with Gasteiger partial charge in [0.25, 0.3) is 0 Å². The summed E-state index contributed by atoms with van der Waals surface area (Å²) in [6, 6.07) is 0.355. The highest BCUT2D eigenvalue weighted by molar-refractivity contribution is 5.81. The number of rotatable bonds is 3. The van der Waals surface area contributed by atoms with Gasteiger partial charge in [0.15, 0.2) is 11.8 Å². The summed E-state index contributed by atoms with van der Waals surface area (Å²) < 4.78 is 5.30. The molecule has 0 aliphatic carbocycles. The first kappa shape index (κ1) is 12.9. The van der Waals surface area contributed by atoms with Gasteiger partial charge in [-0.25, -0.2) is 0 Å². The van der Waals surface area contributed by atoms with Crippen LogP contribution in [0.15, 0.2) is 11.2 Å². The number of aromatic nitrogens is 2. The molecule has 100 valence electrons. The highest BCUT2D eigenvalue weighted by Crippen LogP contribution is 2.23. The van der Waals surface area contributed by atoms with Crippen LogP contribution in [-0.4, -0.2) is 35.4 Å². The zero-order chi connectivity index (χ0) is 13.0. The Hall–Kier alpha value is -1.56. The first-order valence-electron chi connectivity index (χ1n) is 6.38. The second-order valence-corrected chi connectivity index (χ2v) is 4.86. The van der Waals surface area contributed by atoms with Crippen LogP contribution in [0.1, 0.15) is 38.2 Å². The van der Waals surface area contributed by atoms with Crippen LogP contribution >= 0.6 is 0 Å². The lowest BCUT2D eigenvalue weighted by Gasteiger charge is -2.23. The van der Waals surface area contributed by atoms with Gasteiger partial charge in [-0.05, 0) is 18.8 Å². The summed E-state index contributed by atoms with van der Waals surface area (Å²) in [5, 5.41) is 10.1. The lowest BCUT2D eigenvalue weighted by Crippen LogP contribution is -2.42. The van der Waals surface area contributed by atoms with E-state index in [0.717, 1.165) is 37.4 Å². The topological polar surface area (TPSA) is 88.3 Å². The van der Waals surface area contributed by atoms with Crippen LogP contribution in [-0.2, 0) is 4.74 Å². The molecule has 0 radical (unpaired) electrons. The van der Waals surface area contributed by atoms with Crippen molar-refractivity contribution in [2.75, 3.05) is 13.2 Å². The molecule has 0 amide bonds. The van der Waals surface area contributed by atoms with E-state index in [1.165, 1.54) is 0 Å². The van der Waals surface area contributed by atoms with Crippen molar-refractivity contribution in [3.05, 3.63) is 11.8 Å². The van der Waals surface area contributed by atoms with E-state index in [9.17, 15) is 0 Å². The van der Waals surface area contributed by atoms with Crippen LogP contribution < -0.4 is 11.1 Å². The molecule has 1 saturated heterocycles. The summed E-state index contributed by atoms with van der Waals surface area (Å²) in [4.78, 5) is 4.36. The molecule has 2 rings (SSSR count). The van der Waals surface area contributed by atoms with Gasteiger partial charge in [-0.1, -0.05) is 13.8 Å². The second kappa shape index (κ2) is 5.86. The summed E-state index contributed by atoms with van der Waals surface area (Å²) in [5.41, 5.74) is 6.99. The molecule has 0 unspecified atom stereocenters. The summed E-state index contributed by atoms with van der Waals surface area (Å²) in [6.45, 7) is 5.77. The molecule has 0 bridgehead atoms. The number of ether oxygens (including phenoxy) is 1. The van der Waals surface area contributed by atoms with Crippen molar-refractivity contribution < 1.29 is 4.74 Å². The summed E-state index contributed by atoms with van der Waals surface area (Å²) in [7, 11) is 0. The van der Waals surface area contributed by atoms with Crippen LogP contribution in [0, 0.1) is 0 Å². The van der Waals surface area contributed by atoms with Gasteiger partial charge in [0, 0.05) is 24.8 Å². The predicted molar refractivity (Wildman–Crippen MR) is 70.9 cm³/mol. The fourth-order valence-corrected chi connectivity index (χ4v) is 2.00. The summed E-state index contributed by atoms with van der Waals surface area (Å²) in [6.07, 6.45) is 3.73. The lowest BCUT2D eigenvalue weighted by atomic mass is 10.1. The van der Waals surface area contributed by atoms with E-state index >= 15 is 0 Å². The van der Waals surface area contributed by atoms with Gasteiger partial charge in [0.1, 0.15) is 0 Å². The number of aliphatic imine (C=N–C) groups is 1. The molecule has 1 aliphatic rings. The van der Waals surface area contributed by atoms with E-state index in [1.807, 2.05) is 0 Å². The minimum atomic E-state index is 0.355. The number of guanidine groups is 1. The lowest BCUT2D eigenvalue weighted by molar-refractivity contribution is 0.0824. The van der Waals surface area contributed by atoms with E-state index in [-0.39, 0.29) is 0 Å². The van der Waals surface area contributed by atoms with Crippen molar-refractivity contribution in [1.82, 2.24) is 15.5 Å². The van der Waals surface area contributed by atoms with E-state index in [0.29, 0.717) is 17.9 Å². The maximum atomic E-state index is 5.92. The van der Waals surface area contributed by atoms with Gasteiger partial charge in [-0.3, -0.25) is 5.10 Å². The Morgan fingerprint density at radius 3 is 2.94 bits per heavy atom. The van der Waals surface area contributed by atoms with Gasteiger partial charge in [-0.2, -0.15) is 10.1 Å². The molecular weight excluding hydrogens is 230 g/mol. The molecule has 0 aromatic carbocycles. The summed E-state index contributed by atoms with van der Waals surface area (Å²) >= 11 is 0. The molecule has 1 fully saturated rings. The maximum Gasteiger partial charge on any atom is 0.195 e. The summed E-state index contributed by atoms with van der Waals surface area (Å²) in [5.74, 6) is 1.55. The molecular formula is C12H21N5O. The first-order chi connectivity index (χ1) is 8.66. The van der Waals surface area contributed by atoms with Crippen molar-refractivity contribution in [3.63, 3.8) is 0 Å². The van der Waals surface area contributed by atoms with Crippen LogP contribution in [0.3, 0.4) is 0 Å². The van der Waals surface area contributed by atoms with Crippen LogP contribution in [0.5, 0.6) is 0 Å². The monoisotopic (exact) mass is 251 g/mol. The minimum Gasteiger partial charge on any atom is -0.381 e. The minimum absolute atomic E-state index is 0.355. The Kier molecular flexibility index (Phi) is 4.19. The third kappa shape index (κ3) is 3.22. The van der Waals surface area contributed by atoms with Gasteiger partial charge in [0.2, 0.25) is 0 Å². The van der Waals surface area contributed by atoms with Crippen LogP contribution in [0.2, 0.25) is 0 Å². The Labute approximate surface area is 107 Å². The number of hydrogen-bond donors (Lipinski definition) is 3. The Morgan fingerprint density at radius 1 is 1.56 bits per heavy atom. The Morgan fingerprint density at radius 2 is 2.28 bits per heavy atom. The molecule has 18 heavy (non-hydrogen) atoms. The third-order valence-corrected chi connectivity index (χ3v) is 3.08. The first-order valence-corrected chi connectivity index (χ1v) is 6.38. The number of nitrogens with two attached hydrogens (primary N) is 1. The Bertz CT molecular complexity index is 406. The largest absolute Gasteiger partial charge is 0.381 e. The zero-order valence-corrected chi connectivity index (χ0v) is 10.9. The molecule has 6 nitrogen and oxygen atoms in total. The maximum absolute atomic E-state index is 5.92. The molecule has 1 aromatic heterocycles. The van der Waals surface area contributed by atoms with Gasteiger partial charge in [0.05, 0.1) is 6.20 Å². The van der Waals surface area contributed by atoms with Crippen molar-refractivity contribution in [2.24, 2.45) is 10.7 Å². The normalized spacial score (nSPS) is 18.3. The molecule has 6 heteroatoms. The molecule has 0 atom stereocenters. The van der Waals surface area contributed by atoms with E-state index < -0.39 is 0 Å². The number of hydrogen-bond acceptors (Lipinski definition) is 3. The SMILES string of the molecule is CC(C)c1cn[nH]c1/N=C(\N)NC1CCOCC1. The average molecular weight is 251 g/mol. The van der Waals surface area contributed by atoms with Crippen LogP contribution in [0.25, 0.3) is 0 Å². The highest BCUT2D eigenvalue weighted by atomic mass is 16.5.